The second kappa shape index (κ2) is 6.86. The molecule has 0 bridgehead atoms. The fourth-order valence-electron chi connectivity index (χ4n) is 1.15. The SMILES string of the molecule is CC(Cl)C(=O)Nc1ccc(OCCC(N)=O)cc1. The van der Waals surface area contributed by atoms with E-state index in [0.717, 1.165) is 0 Å². The van der Waals surface area contributed by atoms with Crippen molar-refractivity contribution in [3.63, 3.8) is 0 Å². The lowest BCUT2D eigenvalue weighted by Crippen LogP contribution is -2.20. The molecular weight excluding hydrogens is 256 g/mol. The van der Waals surface area contributed by atoms with E-state index < -0.39 is 11.3 Å². The lowest BCUT2D eigenvalue weighted by Gasteiger charge is -2.08. The van der Waals surface area contributed by atoms with Crippen LogP contribution < -0.4 is 15.8 Å². The van der Waals surface area contributed by atoms with E-state index in [-0.39, 0.29) is 18.9 Å². The molecule has 0 radical (unpaired) electrons. The molecule has 0 aliphatic rings. The lowest BCUT2D eigenvalue weighted by molar-refractivity contribution is -0.118. The van der Waals surface area contributed by atoms with Gasteiger partial charge < -0.3 is 15.8 Å². The molecule has 6 heteroatoms. The summed E-state index contributed by atoms with van der Waals surface area (Å²) in [5.41, 5.74) is 5.62. The van der Waals surface area contributed by atoms with Crippen LogP contribution in [0.25, 0.3) is 0 Å². The first kappa shape index (κ1) is 14.3. The van der Waals surface area contributed by atoms with Crippen LogP contribution in [0.4, 0.5) is 5.69 Å². The first-order valence-corrected chi connectivity index (χ1v) is 5.89. The Bertz CT molecular complexity index is 418. The third-order valence-corrected chi connectivity index (χ3v) is 2.30. The summed E-state index contributed by atoms with van der Waals surface area (Å²) in [5, 5.41) is 2.06. The molecular formula is C12H15ClN2O3. The summed E-state index contributed by atoms with van der Waals surface area (Å²) >= 11 is 5.63. The number of rotatable bonds is 6. The Kier molecular flexibility index (Phi) is 5.45. The zero-order valence-corrected chi connectivity index (χ0v) is 10.7. The van der Waals surface area contributed by atoms with Crippen LogP contribution in [-0.2, 0) is 9.59 Å². The van der Waals surface area contributed by atoms with Gasteiger partial charge in [0.25, 0.3) is 0 Å². The van der Waals surface area contributed by atoms with Crippen LogP contribution in [0.3, 0.4) is 0 Å². The zero-order chi connectivity index (χ0) is 13.5. The molecule has 1 rings (SSSR count). The van der Waals surface area contributed by atoms with Gasteiger partial charge in [0.1, 0.15) is 11.1 Å². The minimum Gasteiger partial charge on any atom is -0.493 e. The predicted octanol–water partition coefficient (Wildman–Crippen LogP) is 1.51. The van der Waals surface area contributed by atoms with Crippen molar-refractivity contribution < 1.29 is 14.3 Å². The summed E-state index contributed by atoms with van der Waals surface area (Å²) in [6, 6.07) is 6.76. The Morgan fingerprint density at radius 3 is 2.50 bits per heavy atom. The van der Waals surface area contributed by atoms with Crippen molar-refractivity contribution >= 4 is 29.1 Å². The Hall–Kier alpha value is -1.75. The van der Waals surface area contributed by atoms with Crippen LogP contribution in [0, 0.1) is 0 Å². The minimum atomic E-state index is -0.587. The van der Waals surface area contributed by atoms with Gasteiger partial charge in [-0.3, -0.25) is 9.59 Å². The number of carbonyl (C=O) groups excluding carboxylic acids is 2. The number of benzene rings is 1. The summed E-state index contributed by atoms with van der Waals surface area (Å²) in [6.07, 6.45) is 0.169. The molecule has 98 valence electrons. The van der Waals surface area contributed by atoms with Crippen LogP contribution in [0.15, 0.2) is 24.3 Å². The van der Waals surface area contributed by atoms with Crippen LogP contribution in [0.1, 0.15) is 13.3 Å². The van der Waals surface area contributed by atoms with E-state index in [4.69, 9.17) is 22.1 Å². The number of amides is 2. The van der Waals surface area contributed by atoms with Gasteiger partial charge in [-0.2, -0.15) is 0 Å². The maximum Gasteiger partial charge on any atom is 0.242 e. The Balaban J connectivity index is 2.47. The first-order valence-electron chi connectivity index (χ1n) is 5.45. The number of nitrogens with one attached hydrogen (secondary N) is 1. The number of nitrogens with two attached hydrogens (primary N) is 1. The number of alkyl halides is 1. The van der Waals surface area contributed by atoms with E-state index in [1.165, 1.54) is 0 Å². The molecule has 0 aliphatic heterocycles. The molecule has 0 aliphatic carbocycles. The highest BCUT2D eigenvalue weighted by atomic mass is 35.5. The van der Waals surface area contributed by atoms with E-state index in [0.29, 0.717) is 11.4 Å². The van der Waals surface area contributed by atoms with Gasteiger partial charge in [0.05, 0.1) is 13.0 Å². The molecule has 18 heavy (non-hydrogen) atoms. The standard InChI is InChI=1S/C12H15ClN2O3/c1-8(13)12(17)15-9-2-4-10(5-3-9)18-7-6-11(14)16/h2-5,8H,6-7H2,1H3,(H2,14,16)(H,15,17). The largest absolute Gasteiger partial charge is 0.493 e. The highest BCUT2D eigenvalue weighted by Crippen LogP contribution is 2.16. The molecule has 1 aromatic carbocycles. The van der Waals surface area contributed by atoms with Gasteiger partial charge in [-0.05, 0) is 31.2 Å². The van der Waals surface area contributed by atoms with Gasteiger partial charge in [0, 0.05) is 5.69 Å². The maximum atomic E-state index is 11.3. The van der Waals surface area contributed by atoms with Crippen molar-refractivity contribution in [2.45, 2.75) is 18.7 Å². The number of carbonyl (C=O) groups is 2. The monoisotopic (exact) mass is 270 g/mol. The Morgan fingerprint density at radius 1 is 1.39 bits per heavy atom. The minimum absolute atomic E-state index is 0.169. The predicted molar refractivity (Wildman–Crippen MR) is 69.7 cm³/mol. The van der Waals surface area contributed by atoms with Gasteiger partial charge in [-0.15, -0.1) is 11.6 Å². The Labute approximate surface area is 110 Å². The molecule has 0 saturated carbocycles. The average molecular weight is 271 g/mol. The normalized spacial score (nSPS) is 11.7. The van der Waals surface area contributed by atoms with Crippen LogP contribution >= 0.6 is 11.6 Å². The molecule has 1 unspecified atom stereocenters. The second-order valence-electron chi connectivity index (χ2n) is 3.69. The van der Waals surface area contributed by atoms with Gasteiger partial charge in [0.2, 0.25) is 11.8 Å². The third kappa shape index (κ3) is 5.05. The highest BCUT2D eigenvalue weighted by Gasteiger charge is 2.08. The topological polar surface area (TPSA) is 81.4 Å². The average Bonchev–Trinajstić information content (AvgIpc) is 2.30. The zero-order valence-electron chi connectivity index (χ0n) is 9.98. The van der Waals surface area contributed by atoms with E-state index in [1.807, 2.05) is 0 Å². The van der Waals surface area contributed by atoms with Crippen LogP contribution in [-0.4, -0.2) is 23.8 Å². The number of hydrogen-bond acceptors (Lipinski definition) is 3. The van der Waals surface area contributed by atoms with Gasteiger partial charge in [0.15, 0.2) is 0 Å². The molecule has 0 fully saturated rings. The fraction of sp³-hybridized carbons (Fsp3) is 0.333. The maximum absolute atomic E-state index is 11.3. The molecule has 0 saturated heterocycles. The van der Waals surface area contributed by atoms with Crippen molar-refractivity contribution in [1.29, 1.82) is 0 Å². The molecule has 0 spiro atoms. The van der Waals surface area contributed by atoms with E-state index in [2.05, 4.69) is 5.32 Å². The molecule has 5 nitrogen and oxygen atoms in total. The second-order valence-corrected chi connectivity index (χ2v) is 4.35. The molecule has 2 amide bonds. The smallest absolute Gasteiger partial charge is 0.242 e. The summed E-state index contributed by atoms with van der Waals surface area (Å²) in [7, 11) is 0. The molecule has 1 aromatic rings. The fourth-order valence-corrected chi connectivity index (χ4v) is 1.20. The quantitative estimate of drug-likeness (QED) is 0.769. The van der Waals surface area contributed by atoms with Crippen LogP contribution in [0.5, 0.6) is 5.75 Å². The van der Waals surface area contributed by atoms with Crippen LogP contribution in [0.2, 0.25) is 0 Å². The van der Waals surface area contributed by atoms with E-state index in [9.17, 15) is 9.59 Å². The van der Waals surface area contributed by atoms with Crippen molar-refractivity contribution in [1.82, 2.24) is 0 Å². The van der Waals surface area contributed by atoms with Crippen molar-refractivity contribution in [3.8, 4) is 5.75 Å². The highest BCUT2D eigenvalue weighted by molar-refractivity contribution is 6.32. The summed E-state index contributed by atoms with van der Waals surface area (Å²) < 4.78 is 5.28. The molecule has 3 N–H and O–H groups in total. The number of halogens is 1. The molecule has 1 atom stereocenters. The van der Waals surface area contributed by atoms with Crippen molar-refractivity contribution in [2.75, 3.05) is 11.9 Å². The van der Waals surface area contributed by atoms with Crippen molar-refractivity contribution in [3.05, 3.63) is 24.3 Å². The van der Waals surface area contributed by atoms with Gasteiger partial charge in [-0.25, -0.2) is 0 Å². The number of ether oxygens (including phenoxy) is 1. The summed E-state index contributed by atoms with van der Waals surface area (Å²) in [5.74, 6) is -0.0674. The number of primary amides is 1. The summed E-state index contributed by atoms with van der Waals surface area (Å²) in [4.78, 5) is 21.8. The number of anilines is 1. The summed E-state index contributed by atoms with van der Waals surface area (Å²) in [6.45, 7) is 1.83. The lowest BCUT2D eigenvalue weighted by atomic mass is 10.3. The van der Waals surface area contributed by atoms with E-state index in [1.54, 1.807) is 31.2 Å². The Morgan fingerprint density at radius 2 is 2.00 bits per heavy atom. The molecule has 0 aromatic heterocycles. The van der Waals surface area contributed by atoms with E-state index >= 15 is 0 Å². The number of hydrogen-bond donors (Lipinski definition) is 2. The third-order valence-electron chi connectivity index (χ3n) is 2.10. The van der Waals surface area contributed by atoms with Gasteiger partial charge >= 0.3 is 0 Å². The molecule has 0 heterocycles. The van der Waals surface area contributed by atoms with Gasteiger partial charge in [-0.1, -0.05) is 0 Å². The first-order chi connectivity index (χ1) is 8.49. The van der Waals surface area contributed by atoms with Crippen molar-refractivity contribution in [2.24, 2.45) is 5.73 Å².